The summed E-state index contributed by atoms with van der Waals surface area (Å²) in [5.74, 6) is 0. The fraction of sp³-hybridized carbons (Fsp3) is 0.300. The van der Waals surface area contributed by atoms with Crippen LogP contribution >= 0.6 is 0 Å². The lowest BCUT2D eigenvalue weighted by atomic mass is 10.1. The lowest BCUT2D eigenvalue weighted by molar-refractivity contribution is 0.625. The van der Waals surface area contributed by atoms with E-state index in [0.717, 1.165) is 12.8 Å². The molecule has 2 heteroatoms. The van der Waals surface area contributed by atoms with Crippen molar-refractivity contribution in [2.45, 2.75) is 18.9 Å². The van der Waals surface area contributed by atoms with Gasteiger partial charge < -0.3 is 5.32 Å². The second-order valence-electron chi connectivity index (χ2n) is 3.05. The number of aryl methyl sites for hydroxylation is 1. The molecule has 1 atom stereocenters. The summed E-state index contributed by atoms with van der Waals surface area (Å²) in [6.07, 6.45) is 4.14. The fourth-order valence-electron chi connectivity index (χ4n) is 1.78. The predicted octanol–water partition coefficient (Wildman–Crippen LogP) is 1.74. The van der Waals surface area contributed by atoms with E-state index in [9.17, 15) is 0 Å². The third-order valence-corrected chi connectivity index (χ3v) is 2.37. The molecule has 0 radical (unpaired) electrons. The number of hydrogen-bond donors (Lipinski definition) is 1. The minimum Gasteiger partial charge on any atom is -0.316 e. The van der Waals surface area contributed by atoms with Gasteiger partial charge in [-0.2, -0.15) is 5.26 Å². The molecule has 1 unspecified atom stereocenters. The Hall–Kier alpha value is -1.49. The van der Waals surface area contributed by atoms with Gasteiger partial charge in [0, 0.05) is 0 Å². The van der Waals surface area contributed by atoms with Crippen LogP contribution in [0.5, 0.6) is 0 Å². The third-order valence-electron chi connectivity index (χ3n) is 2.37. The van der Waals surface area contributed by atoms with Gasteiger partial charge in [0.2, 0.25) is 0 Å². The zero-order valence-electron chi connectivity index (χ0n) is 6.75. The molecule has 0 bridgehead atoms. The molecule has 1 aliphatic carbocycles. The molecule has 0 amide bonds. The molecular weight excluding hydrogens is 148 g/mol. The van der Waals surface area contributed by atoms with E-state index in [1.165, 1.54) is 11.1 Å². The molecule has 0 spiro atoms. The van der Waals surface area contributed by atoms with Crippen LogP contribution < -0.4 is 5.32 Å². The second-order valence-corrected chi connectivity index (χ2v) is 3.05. The first-order valence-electron chi connectivity index (χ1n) is 4.14. The van der Waals surface area contributed by atoms with Crippen LogP contribution in [-0.2, 0) is 6.42 Å². The molecule has 0 saturated carbocycles. The molecule has 1 aromatic carbocycles. The van der Waals surface area contributed by atoms with E-state index in [1.54, 1.807) is 0 Å². The smallest absolute Gasteiger partial charge is 0.177 e. The van der Waals surface area contributed by atoms with Crippen LogP contribution in [0.15, 0.2) is 24.3 Å². The number of nitrogens with one attached hydrogen (secondary N) is 1. The largest absolute Gasteiger partial charge is 0.316 e. The lowest BCUT2D eigenvalue weighted by Crippen LogP contribution is -2.11. The maximum absolute atomic E-state index is 8.49. The summed E-state index contributed by atoms with van der Waals surface area (Å²) in [6.45, 7) is 0. The molecule has 1 N–H and O–H groups in total. The molecule has 2 rings (SSSR count). The van der Waals surface area contributed by atoms with Gasteiger partial charge in [0.25, 0.3) is 0 Å². The molecule has 1 aliphatic rings. The Morgan fingerprint density at radius 1 is 1.42 bits per heavy atom. The molecule has 0 aromatic heterocycles. The van der Waals surface area contributed by atoms with Crippen LogP contribution in [0.4, 0.5) is 0 Å². The molecule has 0 fully saturated rings. The van der Waals surface area contributed by atoms with Crippen molar-refractivity contribution in [1.29, 1.82) is 5.26 Å². The second kappa shape index (κ2) is 2.86. The number of rotatable bonds is 1. The number of fused-ring (bicyclic) bond motifs is 1. The molecule has 0 saturated heterocycles. The van der Waals surface area contributed by atoms with E-state index >= 15 is 0 Å². The van der Waals surface area contributed by atoms with Crippen LogP contribution in [0.1, 0.15) is 23.6 Å². The van der Waals surface area contributed by atoms with E-state index in [2.05, 4.69) is 17.4 Å². The maximum Gasteiger partial charge on any atom is 0.177 e. The molecule has 12 heavy (non-hydrogen) atoms. The standard InChI is InChI=1S/C10H10N2/c11-7-12-10-6-5-8-3-1-2-4-9(8)10/h1-4,10,12H,5-6H2. The van der Waals surface area contributed by atoms with Crippen molar-refractivity contribution in [2.75, 3.05) is 0 Å². The van der Waals surface area contributed by atoms with Crippen LogP contribution in [0.2, 0.25) is 0 Å². The van der Waals surface area contributed by atoms with Gasteiger partial charge in [-0.15, -0.1) is 0 Å². The molecule has 0 heterocycles. The van der Waals surface area contributed by atoms with Gasteiger partial charge in [-0.05, 0) is 24.0 Å². The average molecular weight is 158 g/mol. The summed E-state index contributed by atoms with van der Waals surface area (Å²) < 4.78 is 0. The first-order valence-corrected chi connectivity index (χ1v) is 4.14. The van der Waals surface area contributed by atoms with E-state index in [0.29, 0.717) is 0 Å². The number of benzene rings is 1. The monoisotopic (exact) mass is 158 g/mol. The van der Waals surface area contributed by atoms with Crippen molar-refractivity contribution >= 4 is 0 Å². The molecule has 2 nitrogen and oxygen atoms in total. The van der Waals surface area contributed by atoms with Crippen molar-refractivity contribution < 1.29 is 0 Å². The number of hydrogen-bond acceptors (Lipinski definition) is 2. The van der Waals surface area contributed by atoms with Gasteiger partial charge in [0.05, 0.1) is 6.04 Å². The van der Waals surface area contributed by atoms with Crippen molar-refractivity contribution in [3.63, 3.8) is 0 Å². The normalized spacial score (nSPS) is 19.8. The topological polar surface area (TPSA) is 35.8 Å². The lowest BCUT2D eigenvalue weighted by Gasteiger charge is -2.07. The number of nitrogens with zero attached hydrogens (tertiary/aromatic N) is 1. The Balaban J connectivity index is 2.31. The summed E-state index contributed by atoms with van der Waals surface area (Å²) in [7, 11) is 0. The van der Waals surface area contributed by atoms with Gasteiger partial charge in [-0.25, -0.2) is 0 Å². The van der Waals surface area contributed by atoms with Crippen molar-refractivity contribution in [2.24, 2.45) is 0 Å². The van der Waals surface area contributed by atoms with Crippen molar-refractivity contribution in [3.8, 4) is 6.19 Å². The van der Waals surface area contributed by atoms with Gasteiger partial charge in [0.1, 0.15) is 0 Å². The van der Waals surface area contributed by atoms with Crippen molar-refractivity contribution in [3.05, 3.63) is 35.4 Å². The third kappa shape index (κ3) is 1.04. The van der Waals surface area contributed by atoms with E-state index < -0.39 is 0 Å². The zero-order valence-corrected chi connectivity index (χ0v) is 6.75. The minimum absolute atomic E-state index is 0.256. The molecule has 0 aliphatic heterocycles. The Kier molecular flexibility index (Phi) is 1.71. The Labute approximate surface area is 71.8 Å². The summed E-state index contributed by atoms with van der Waals surface area (Å²) in [6, 6.07) is 8.56. The highest BCUT2D eigenvalue weighted by atomic mass is 14.9. The van der Waals surface area contributed by atoms with E-state index in [1.807, 2.05) is 18.3 Å². The maximum atomic E-state index is 8.49. The van der Waals surface area contributed by atoms with Gasteiger partial charge in [-0.3, -0.25) is 0 Å². The predicted molar refractivity (Wildman–Crippen MR) is 46.3 cm³/mol. The minimum atomic E-state index is 0.256. The molecular formula is C10H10N2. The highest BCUT2D eigenvalue weighted by molar-refractivity contribution is 5.34. The first kappa shape index (κ1) is 7.17. The zero-order chi connectivity index (χ0) is 8.39. The van der Waals surface area contributed by atoms with E-state index in [-0.39, 0.29) is 6.04 Å². The van der Waals surface area contributed by atoms with Gasteiger partial charge in [0.15, 0.2) is 6.19 Å². The van der Waals surface area contributed by atoms with Gasteiger partial charge in [-0.1, -0.05) is 24.3 Å². The molecule has 60 valence electrons. The highest BCUT2D eigenvalue weighted by Gasteiger charge is 2.20. The van der Waals surface area contributed by atoms with Crippen molar-refractivity contribution in [1.82, 2.24) is 5.32 Å². The highest BCUT2D eigenvalue weighted by Crippen LogP contribution is 2.30. The summed E-state index contributed by atoms with van der Waals surface area (Å²) in [5.41, 5.74) is 2.67. The Morgan fingerprint density at radius 2 is 2.25 bits per heavy atom. The SMILES string of the molecule is N#CNC1CCc2ccccc21. The molecule has 1 aromatic rings. The quantitative estimate of drug-likeness (QED) is 0.499. The van der Waals surface area contributed by atoms with Crippen LogP contribution in [0.3, 0.4) is 0 Å². The van der Waals surface area contributed by atoms with Crippen LogP contribution in [0, 0.1) is 11.5 Å². The Morgan fingerprint density at radius 3 is 3.08 bits per heavy atom. The fourth-order valence-corrected chi connectivity index (χ4v) is 1.78. The number of nitriles is 1. The Bertz CT molecular complexity index is 325. The summed E-state index contributed by atoms with van der Waals surface area (Å²) >= 11 is 0. The van der Waals surface area contributed by atoms with E-state index in [4.69, 9.17) is 5.26 Å². The average Bonchev–Trinajstić information content (AvgIpc) is 2.50. The van der Waals surface area contributed by atoms with Crippen LogP contribution in [-0.4, -0.2) is 0 Å². The van der Waals surface area contributed by atoms with Gasteiger partial charge >= 0.3 is 0 Å². The summed E-state index contributed by atoms with van der Waals surface area (Å²) in [4.78, 5) is 0. The first-order chi connectivity index (χ1) is 5.92. The summed E-state index contributed by atoms with van der Waals surface area (Å²) in [5, 5.41) is 11.3. The van der Waals surface area contributed by atoms with Crippen LogP contribution in [0.25, 0.3) is 0 Å².